The van der Waals surface area contributed by atoms with Gasteiger partial charge in [-0.15, -0.1) is 0 Å². The fraction of sp³-hybridized carbons (Fsp3) is 0.0385. The number of rotatable bonds is 4. The summed E-state index contributed by atoms with van der Waals surface area (Å²) in [6.07, 6.45) is 0. The van der Waals surface area contributed by atoms with E-state index in [-0.39, 0.29) is 11.9 Å². The number of anilines is 2. The molecule has 0 bridgehead atoms. The average molecular weight is 407 g/mol. The summed E-state index contributed by atoms with van der Waals surface area (Å²) in [7, 11) is 0. The molecule has 0 fully saturated rings. The zero-order valence-corrected chi connectivity index (χ0v) is 16.7. The van der Waals surface area contributed by atoms with Crippen molar-refractivity contribution in [1.82, 2.24) is 5.32 Å². The number of ether oxygens (including phenoxy) is 1. The topological polar surface area (TPSA) is 90.4 Å². The molecule has 0 saturated carbocycles. The van der Waals surface area contributed by atoms with E-state index >= 15 is 0 Å². The summed E-state index contributed by atoms with van der Waals surface area (Å²) < 4.78 is 5.97. The number of fused-ring (bicyclic) bond motifs is 3. The maximum atomic E-state index is 13.3. The number of amides is 1. The van der Waals surface area contributed by atoms with Crippen LogP contribution in [0.3, 0.4) is 0 Å². The molecule has 4 aromatic carbocycles. The Morgan fingerprint density at radius 1 is 0.742 bits per heavy atom. The molecule has 5 rings (SSSR count). The average Bonchev–Trinajstić information content (AvgIpc) is 3.08. The van der Waals surface area contributed by atoms with Crippen LogP contribution < -0.4 is 21.5 Å². The third-order valence-electron chi connectivity index (χ3n) is 5.46. The number of benzene rings is 4. The molecule has 1 amide bonds. The number of hydrogen-bond donors (Lipinski definition) is 3. The van der Waals surface area contributed by atoms with Gasteiger partial charge in [0.05, 0.1) is 11.6 Å². The number of nitrogens with two attached hydrogens (primary N) is 2. The Morgan fingerprint density at radius 3 is 2.26 bits per heavy atom. The van der Waals surface area contributed by atoms with Gasteiger partial charge < -0.3 is 21.5 Å². The Kier molecular flexibility index (Phi) is 4.56. The second-order valence-electron chi connectivity index (χ2n) is 7.51. The minimum atomic E-state index is -0.285. The first-order valence-electron chi connectivity index (χ1n) is 10.0. The van der Waals surface area contributed by atoms with Gasteiger partial charge in [0.25, 0.3) is 5.91 Å². The van der Waals surface area contributed by atoms with Gasteiger partial charge in [0.2, 0.25) is 0 Å². The van der Waals surface area contributed by atoms with E-state index in [2.05, 4.69) is 11.4 Å². The molecule has 0 radical (unpaired) electrons. The molecule has 1 unspecified atom stereocenters. The number of nitrogen functional groups attached to an aromatic ring is 2. The van der Waals surface area contributed by atoms with Crippen molar-refractivity contribution < 1.29 is 9.53 Å². The maximum absolute atomic E-state index is 13.3. The lowest BCUT2D eigenvalue weighted by molar-refractivity contribution is 0.0941. The monoisotopic (exact) mass is 407 g/mol. The molecule has 31 heavy (non-hydrogen) atoms. The molecule has 1 atom stereocenters. The highest BCUT2D eigenvalue weighted by atomic mass is 16.5. The number of carbonyl (C=O) groups excluding carboxylic acids is 1. The first-order valence-corrected chi connectivity index (χ1v) is 10.0. The predicted octanol–water partition coefficient (Wildman–Crippen LogP) is 5.14. The van der Waals surface area contributed by atoms with Gasteiger partial charge in [-0.1, -0.05) is 42.5 Å². The molecular weight excluding hydrogens is 386 g/mol. The van der Waals surface area contributed by atoms with Crippen LogP contribution in [0.15, 0.2) is 91.0 Å². The molecule has 0 aromatic heterocycles. The highest BCUT2D eigenvalue weighted by molar-refractivity contribution is 5.98. The maximum Gasteiger partial charge on any atom is 0.255 e. The number of para-hydroxylation sites is 1. The second kappa shape index (κ2) is 7.54. The van der Waals surface area contributed by atoms with E-state index in [1.807, 2.05) is 48.5 Å². The smallest absolute Gasteiger partial charge is 0.255 e. The van der Waals surface area contributed by atoms with Gasteiger partial charge >= 0.3 is 0 Å². The fourth-order valence-corrected chi connectivity index (χ4v) is 4.00. The van der Waals surface area contributed by atoms with Crippen molar-refractivity contribution in [1.29, 1.82) is 0 Å². The Hall–Kier alpha value is -4.25. The Labute approximate surface area is 180 Å². The molecule has 0 heterocycles. The van der Waals surface area contributed by atoms with Gasteiger partial charge in [-0.05, 0) is 70.8 Å². The molecule has 152 valence electrons. The third-order valence-corrected chi connectivity index (χ3v) is 5.46. The number of hydrogen-bond acceptors (Lipinski definition) is 4. The second-order valence-corrected chi connectivity index (χ2v) is 7.51. The van der Waals surface area contributed by atoms with E-state index < -0.39 is 0 Å². The van der Waals surface area contributed by atoms with Crippen molar-refractivity contribution in [2.24, 2.45) is 0 Å². The van der Waals surface area contributed by atoms with E-state index in [9.17, 15) is 4.79 Å². The van der Waals surface area contributed by atoms with E-state index in [4.69, 9.17) is 16.2 Å². The van der Waals surface area contributed by atoms with Crippen LogP contribution in [0.4, 0.5) is 11.4 Å². The molecule has 1 aliphatic carbocycles. The molecule has 5 heteroatoms. The van der Waals surface area contributed by atoms with E-state index in [0.717, 1.165) is 22.3 Å². The summed E-state index contributed by atoms with van der Waals surface area (Å²) >= 11 is 0. The molecule has 1 aliphatic rings. The van der Waals surface area contributed by atoms with Crippen LogP contribution in [0.1, 0.15) is 27.5 Å². The Bertz CT molecular complexity index is 1280. The van der Waals surface area contributed by atoms with Crippen LogP contribution in [0, 0.1) is 0 Å². The molecular formula is C26H21N3O2. The van der Waals surface area contributed by atoms with Gasteiger partial charge in [0.15, 0.2) is 0 Å². The molecule has 0 saturated heterocycles. The summed E-state index contributed by atoms with van der Waals surface area (Å²) in [5, 5.41) is 3.18. The lowest BCUT2D eigenvalue weighted by Crippen LogP contribution is -2.28. The van der Waals surface area contributed by atoms with E-state index in [1.165, 1.54) is 0 Å². The highest BCUT2D eigenvalue weighted by Crippen LogP contribution is 2.44. The molecule has 5 nitrogen and oxygen atoms in total. The number of nitrogens with one attached hydrogen (secondary N) is 1. The minimum absolute atomic E-state index is 0.221. The van der Waals surface area contributed by atoms with Crippen LogP contribution in [-0.4, -0.2) is 5.91 Å². The summed E-state index contributed by atoms with van der Waals surface area (Å²) in [6, 6.07) is 27.9. The van der Waals surface area contributed by atoms with Gasteiger partial charge in [-0.25, -0.2) is 0 Å². The Morgan fingerprint density at radius 2 is 1.42 bits per heavy atom. The van der Waals surface area contributed by atoms with E-state index in [1.54, 1.807) is 36.4 Å². The van der Waals surface area contributed by atoms with Crippen LogP contribution in [0.25, 0.3) is 11.1 Å². The molecule has 5 N–H and O–H groups in total. The third kappa shape index (κ3) is 3.46. The quantitative estimate of drug-likeness (QED) is 0.408. The molecule has 0 spiro atoms. The standard InChI is InChI=1S/C26H21N3O2/c27-16-9-12-18(13-10-16)31-24-8-4-3-7-22(24)26(30)29-25-21-6-2-1-5-19(21)20-14-11-17(28)15-23(20)25/h1-15,25H,27-28H2,(H,29,30). The lowest BCUT2D eigenvalue weighted by Gasteiger charge is -2.18. The van der Waals surface area contributed by atoms with Crippen LogP contribution in [0.2, 0.25) is 0 Å². The molecule has 0 aliphatic heterocycles. The lowest BCUT2D eigenvalue weighted by atomic mass is 10.0. The van der Waals surface area contributed by atoms with Gasteiger partial charge in [-0.2, -0.15) is 0 Å². The van der Waals surface area contributed by atoms with Gasteiger partial charge in [0, 0.05) is 11.4 Å². The summed E-state index contributed by atoms with van der Waals surface area (Å²) in [6.45, 7) is 0. The van der Waals surface area contributed by atoms with Crippen molar-refractivity contribution in [3.05, 3.63) is 108 Å². The van der Waals surface area contributed by atoms with Crippen LogP contribution >= 0.6 is 0 Å². The van der Waals surface area contributed by atoms with Crippen molar-refractivity contribution in [3.63, 3.8) is 0 Å². The SMILES string of the molecule is Nc1ccc(Oc2ccccc2C(=O)NC2c3ccccc3-c3ccc(N)cc32)cc1. The van der Waals surface area contributed by atoms with E-state index in [0.29, 0.717) is 28.4 Å². The zero-order chi connectivity index (χ0) is 21.4. The van der Waals surface area contributed by atoms with Crippen molar-refractivity contribution in [2.75, 3.05) is 11.5 Å². The largest absolute Gasteiger partial charge is 0.457 e. The van der Waals surface area contributed by atoms with Crippen LogP contribution in [-0.2, 0) is 0 Å². The summed E-state index contributed by atoms with van der Waals surface area (Å²) in [4.78, 5) is 13.3. The molecule has 4 aromatic rings. The minimum Gasteiger partial charge on any atom is -0.457 e. The van der Waals surface area contributed by atoms with Gasteiger partial charge in [0.1, 0.15) is 11.5 Å². The summed E-state index contributed by atoms with van der Waals surface area (Å²) in [5.41, 5.74) is 17.8. The van der Waals surface area contributed by atoms with Crippen LogP contribution in [0.5, 0.6) is 11.5 Å². The van der Waals surface area contributed by atoms with Crippen molar-refractivity contribution in [3.8, 4) is 22.6 Å². The van der Waals surface area contributed by atoms with Gasteiger partial charge in [-0.3, -0.25) is 4.79 Å². The first kappa shape index (κ1) is 18.8. The highest BCUT2D eigenvalue weighted by Gasteiger charge is 2.30. The summed E-state index contributed by atoms with van der Waals surface area (Å²) in [5.74, 6) is 0.865. The Balaban J connectivity index is 1.48. The first-order chi connectivity index (χ1) is 15.1. The fourth-order valence-electron chi connectivity index (χ4n) is 4.00. The normalized spacial score (nSPS) is 13.9. The predicted molar refractivity (Wildman–Crippen MR) is 123 cm³/mol. The zero-order valence-electron chi connectivity index (χ0n) is 16.7. The number of carbonyl (C=O) groups is 1. The van der Waals surface area contributed by atoms with Crippen molar-refractivity contribution >= 4 is 17.3 Å². The van der Waals surface area contributed by atoms with Crippen molar-refractivity contribution in [2.45, 2.75) is 6.04 Å².